The van der Waals surface area contributed by atoms with Crippen molar-refractivity contribution >= 4 is 5.91 Å². The number of nitrogens with zero attached hydrogens (tertiary/aromatic N) is 1. The second-order valence-corrected chi connectivity index (χ2v) is 3.19. The van der Waals surface area contributed by atoms with Gasteiger partial charge in [0.15, 0.2) is 0 Å². The van der Waals surface area contributed by atoms with Gasteiger partial charge >= 0.3 is 18.3 Å². The summed E-state index contributed by atoms with van der Waals surface area (Å²) in [7, 11) is 0. The molecule has 1 amide bonds. The predicted molar refractivity (Wildman–Crippen MR) is 43.6 cm³/mol. The average Bonchev–Trinajstić information content (AvgIpc) is 2.07. The lowest BCUT2D eigenvalue weighted by atomic mass is 10.3. The van der Waals surface area contributed by atoms with Crippen molar-refractivity contribution < 1.29 is 31.1 Å². The van der Waals surface area contributed by atoms with E-state index in [9.17, 15) is 31.1 Å². The number of hydrogen-bond donors (Lipinski definition) is 0. The van der Waals surface area contributed by atoms with Crippen LogP contribution in [0.25, 0.3) is 0 Å². The Morgan fingerprint density at radius 1 is 1.12 bits per heavy atom. The Kier molecular flexibility index (Phi) is 5.08. The molecule has 0 spiro atoms. The van der Waals surface area contributed by atoms with Crippen molar-refractivity contribution in [2.75, 3.05) is 13.1 Å². The Morgan fingerprint density at radius 2 is 1.62 bits per heavy atom. The molecule has 0 N–H and O–H groups in total. The first kappa shape index (κ1) is 15.0. The van der Waals surface area contributed by atoms with Crippen LogP contribution in [0.15, 0.2) is 0 Å². The van der Waals surface area contributed by atoms with Crippen molar-refractivity contribution in [1.29, 1.82) is 0 Å². The van der Waals surface area contributed by atoms with Crippen molar-refractivity contribution in [3.05, 3.63) is 0 Å². The summed E-state index contributed by atoms with van der Waals surface area (Å²) >= 11 is 0. The minimum Gasteiger partial charge on any atom is -0.326 e. The van der Waals surface area contributed by atoms with Crippen LogP contribution in [0.4, 0.5) is 26.3 Å². The number of carbonyl (C=O) groups is 1. The van der Waals surface area contributed by atoms with E-state index in [-0.39, 0.29) is 11.3 Å². The number of halogens is 6. The maximum Gasteiger partial charge on any atom is 0.471 e. The van der Waals surface area contributed by atoms with Gasteiger partial charge in [0.25, 0.3) is 0 Å². The summed E-state index contributed by atoms with van der Waals surface area (Å²) in [5.41, 5.74) is 0. The van der Waals surface area contributed by atoms with E-state index in [1.165, 1.54) is 0 Å². The number of hydrogen-bond acceptors (Lipinski definition) is 1. The molecule has 0 unspecified atom stereocenters. The molecule has 0 aliphatic carbocycles. The van der Waals surface area contributed by atoms with E-state index in [1.54, 1.807) is 6.92 Å². The normalized spacial score (nSPS) is 12.7. The molecule has 0 aromatic carbocycles. The lowest BCUT2D eigenvalue weighted by Gasteiger charge is -2.24. The van der Waals surface area contributed by atoms with E-state index >= 15 is 0 Å². The fourth-order valence-electron chi connectivity index (χ4n) is 0.997. The largest absolute Gasteiger partial charge is 0.471 e. The van der Waals surface area contributed by atoms with Crippen LogP contribution in [0, 0.1) is 0 Å². The molecule has 2 nitrogen and oxygen atoms in total. The zero-order valence-corrected chi connectivity index (χ0v) is 8.45. The van der Waals surface area contributed by atoms with Crippen molar-refractivity contribution in [3.8, 4) is 0 Å². The van der Waals surface area contributed by atoms with E-state index in [0.717, 1.165) is 0 Å². The van der Waals surface area contributed by atoms with Gasteiger partial charge in [-0.3, -0.25) is 4.79 Å². The maximum atomic E-state index is 11.9. The molecule has 0 bridgehead atoms. The molecule has 0 radical (unpaired) electrons. The van der Waals surface area contributed by atoms with Gasteiger partial charge in [-0.1, -0.05) is 13.3 Å². The third-order valence-corrected chi connectivity index (χ3v) is 1.68. The molecule has 0 heterocycles. The van der Waals surface area contributed by atoms with Gasteiger partial charge < -0.3 is 4.90 Å². The Labute approximate surface area is 88.2 Å². The summed E-state index contributed by atoms with van der Waals surface area (Å²) in [6.07, 6.45) is -9.59. The first-order chi connectivity index (χ1) is 7.08. The van der Waals surface area contributed by atoms with Crippen molar-refractivity contribution in [1.82, 2.24) is 4.90 Å². The molecule has 0 aliphatic heterocycles. The summed E-state index contributed by atoms with van der Waals surface area (Å²) < 4.78 is 71.6. The first-order valence-electron chi connectivity index (χ1n) is 4.50. The minimum absolute atomic E-state index is 0.0951. The highest BCUT2D eigenvalue weighted by Crippen LogP contribution is 2.23. The number of alkyl halides is 6. The molecular weight excluding hydrogens is 240 g/mol. The van der Waals surface area contributed by atoms with E-state index in [1.807, 2.05) is 0 Å². The van der Waals surface area contributed by atoms with Gasteiger partial charge in [-0.25, -0.2) is 0 Å². The second kappa shape index (κ2) is 5.40. The van der Waals surface area contributed by atoms with Gasteiger partial charge in [-0.2, -0.15) is 26.3 Å². The van der Waals surface area contributed by atoms with E-state index in [2.05, 4.69) is 0 Å². The average molecular weight is 251 g/mol. The quantitative estimate of drug-likeness (QED) is 0.703. The molecule has 0 fully saturated rings. The Hall–Kier alpha value is -0.950. The molecule has 0 saturated carbocycles. The van der Waals surface area contributed by atoms with Gasteiger partial charge in [-0.05, 0) is 6.42 Å². The zero-order chi connectivity index (χ0) is 13.0. The van der Waals surface area contributed by atoms with Crippen molar-refractivity contribution in [3.63, 3.8) is 0 Å². The highest BCUT2D eigenvalue weighted by molar-refractivity contribution is 5.81. The first-order valence-corrected chi connectivity index (χ1v) is 4.50. The van der Waals surface area contributed by atoms with Crippen LogP contribution < -0.4 is 0 Å². The van der Waals surface area contributed by atoms with Crippen LogP contribution in [0.1, 0.15) is 19.8 Å². The monoisotopic (exact) mass is 251 g/mol. The van der Waals surface area contributed by atoms with Gasteiger partial charge in [0.1, 0.15) is 6.54 Å². The molecule has 0 atom stereocenters. The number of carbonyl (C=O) groups excluding carboxylic acids is 1. The smallest absolute Gasteiger partial charge is 0.326 e. The summed E-state index contributed by atoms with van der Waals surface area (Å²) in [6.45, 7) is -0.816. The van der Waals surface area contributed by atoms with Gasteiger partial charge in [0.05, 0.1) is 0 Å². The fraction of sp³-hybridized carbons (Fsp3) is 0.875. The summed E-state index contributed by atoms with van der Waals surface area (Å²) in [6, 6.07) is 0. The van der Waals surface area contributed by atoms with Gasteiger partial charge in [0, 0.05) is 6.54 Å². The third-order valence-electron chi connectivity index (χ3n) is 1.68. The maximum absolute atomic E-state index is 11.9. The Morgan fingerprint density at radius 3 is 1.94 bits per heavy atom. The molecule has 16 heavy (non-hydrogen) atoms. The van der Waals surface area contributed by atoms with Gasteiger partial charge in [0.2, 0.25) is 0 Å². The number of rotatable bonds is 4. The van der Waals surface area contributed by atoms with E-state index < -0.39 is 31.3 Å². The van der Waals surface area contributed by atoms with E-state index in [4.69, 9.17) is 0 Å². The second-order valence-electron chi connectivity index (χ2n) is 3.19. The third kappa shape index (κ3) is 5.82. The molecule has 96 valence electrons. The SMILES string of the molecule is CCCCN(CC(F)(F)F)C(=O)C(F)(F)F. The molecule has 0 aromatic heterocycles. The highest BCUT2D eigenvalue weighted by atomic mass is 19.4. The lowest BCUT2D eigenvalue weighted by Crippen LogP contribution is -2.46. The molecule has 0 rings (SSSR count). The van der Waals surface area contributed by atoms with Crippen molar-refractivity contribution in [2.24, 2.45) is 0 Å². The minimum atomic E-state index is -5.26. The standard InChI is InChI=1S/C8H11F6NO/c1-2-3-4-15(5-7(9,10)11)6(16)8(12,13)14/h2-5H2,1H3. The zero-order valence-electron chi connectivity index (χ0n) is 8.45. The fourth-order valence-corrected chi connectivity index (χ4v) is 0.997. The highest BCUT2D eigenvalue weighted by Gasteiger charge is 2.45. The van der Waals surface area contributed by atoms with Gasteiger partial charge in [-0.15, -0.1) is 0 Å². The lowest BCUT2D eigenvalue weighted by molar-refractivity contribution is -0.198. The van der Waals surface area contributed by atoms with Crippen LogP contribution >= 0.6 is 0 Å². The topological polar surface area (TPSA) is 20.3 Å². The molecule has 0 aliphatic rings. The van der Waals surface area contributed by atoms with E-state index in [0.29, 0.717) is 6.42 Å². The molecule has 8 heteroatoms. The number of amides is 1. The van der Waals surface area contributed by atoms with Crippen molar-refractivity contribution in [2.45, 2.75) is 32.1 Å². The van der Waals surface area contributed by atoms with Crippen LogP contribution in [0.2, 0.25) is 0 Å². The van der Waals surface area contributed by atoms with Crippen LogP contribution in [-0.2, 0) is 4.79 Å². The van der Waals surface area contributed by atoms with Crippen LogP contribution in [0.3, 0.4) is 0 Å². The summed E-state index contributed by atoms with van der Waals surface area (Å²) in [5.74, 6) is -2.45. The summed E-state index contributed by atoms with van der Waals surface area (Å²) in [5, 5.41) is 0. The van der Waals surface area contributed by atoms with Crippen LogP contribution in [0.5, 0.6) is 0 Å². The predicted octanol–water partition coefficient (Wildman–Crippen LogP) is 2.74. The molecule has 0 saturated heterocycles. The Balaban J connectivity index is 4.61. The summed E-state index contributed by atoms with van der Waals surface area (Å²) in [4.78, 5) is 10.4. The Bertz CT molecular complexity index is 234. The molecular formula is C8H11F6NO. The number of unbranched alkanes of at least 4 members (excludes halogenated alkanes) is 1. The van der Waals surface area contributed by atoms with Crippen LogP contribution in [-0.4, -0.2) is 36.2 Å². The molecule has 0 aromatic rings.